The molecule has 2 rings (SSSR count). The Hall–Kier alpha value is -1.68. The van der Waals surface area contributed by atoms with E-state index in [4.69, 9.17) is 0 Å². The first-order valence-electron chi connectivity index (χ1n) is 4.78. The first-order valence-corrected chi connectivity index (χ1v) is 6.00. The Morgan fingerprint density at radius 1 is 1.25 bits per heavy atom. The maximum absolute atomic E-state index is 12.1. The molecule has 0 aliphatic rings. The van der Waals surface area contributed by atoms with Crippen LogP contribution in [0.15, 0.2) is 47.6 Å². The summed E-state index contributed by atoms with van der Waals surface area (Å²) in [6.45, 7) is 0. The van der Waals surface area contributed by atoms with Gasteiger partial charge in [0.1, 0.15) is 10.8 Å². The van der Waals surface area contributed by atoms with Gasteiger partial charge in [-0.25, -0.2) is 0 Å². The van der Waals surface area contributed by atoms with E-state index in [9.17, 15) is 9.90 Å². The highest BCUT2D eigenvalue weighted by Gasteiger charge is 2.14. The predicted molar refractivity (Wildman–Crippen MR) is 64.0 cm³/mol. The monoisotopic (exact) mass is 233 g/mol. The Balaban J connectivity index is 2.42. The molecular weight excluding hydrogens is 222 g/mol. The first kappa shape index (κ1) is 10.8. The predicted octanol–water partition coefficient (Wildman–Crippen LogP) is 2.60. The lowest BCUT2D eigenvalue weighted by Gasteiger charge is -2.05. The number of rotatable bonds is 2. The van der Waals surface area contributed by atoms with Crippen molar-refractivity contribution in [3.63, 3.8) is 0 Å². The van der Waals surface area contributed by atoms with Crippen LogP contribution in [0.4, 0.5) is 0 Å². The molecule has 1 aromatic carbocycles. The Labute approximate surface area is 97.7 Å². The van der Waals surface area contributed by atoms with Gasteiger partial charge in [-0.2, -0.15) is 0 Å². The van der Waals surface area contributed by atoms with Crippen molar-refractivity contribution >= 4 is 17.7 Å². The number of nitrogens with zero attached hydrogens (tertiary/aromatic N) is 1. The third-order valence-electron chi connectivity index (χ3n) is 2.25. The van der Waals surface area contributed by atoms with Gasteiger partial charge in [-0.1, -0.05) is 18.2 Å². The number of aromatic nitrogens is 1. The molecule has 0 radical (unpaired) electrons. The number of hydrogen-bond donors (Lipinski definition) is 1. The molecule has 4 heteroatoms. The quantitative estimate of drug-likeness (QED) is 0.811. The maximum atomic E-state index is 12.1. The Bertz CT molecular complexity index is 505. The standard InChI is InChI=1S/C12H11NO2S/c1-16-12-10(14)7-8-13(12)11(15)9-5-3-2-4-6-9/h2-8,14H,1H3. The zero-order valence-electron chi connectivity index (χ0n) is 8.75. The molecule has 16 heavy (non-hydrogen) atoms. The van der Waals surface area contributed by atoms with Crippen LogP contribution in [0.25, 0.3) is 0 Å². The molecule has 0 unspecified atom stereocenters. The van der Waals surface area contributed by atoms with Crippen LogP contribution >= 0.6 is 11.8 Å². The number of aromatic hydroxyl groups is 1. The second kappa shape index (κ2) is 4.45. The smallest absolute Gasteiger partial charge is 0.262 e. The maximum Gasteiger partial charge on any atom is 0.262 e. The van der Waals surface area contributed by atoms with Crippen LogP contribution in [0.1, 0.15) is 10.4 Å². The van der Waals surface area contributed by atoms with Crippen LogP contribution in [0, 0.1) is 0 Å². The zero-order valence-corrected chi connectivity index (χ0v) is 9.57. The molecule has 0 bridgehead atoms. The molecule has 1 N–H and O–H groups in total. The molecule has 3 nitrogen and oxygen atoms in total. The van der Waals surface area contributed by atoms with Gasteiger partial charge >= 0.3 is 0 Å². The van der Waals surface area contributed by atoms with Crippen molar-refractivity contribution in [3.8, 4) is 5.75 Å². The van der Waals surface area contributed by atoms with Gasteiger partial charge in [0.05, 0.1) is 0 Å². The summed E-state index contributed by atoms with van der Waals surface area (Å²) < 4.78 is 1.45. The molecule has 0 saturated heterocycles. The molecule has 2 aromatic rings. The molecule has 0 aliphatic carbocycles. The van der Waals surface area contributed by atoms with Gasteiger partial charge in [0.2, 0.25) is 0 Å². The molecule has 0 fully saturated rings. The van der Waals surface area contributed by atoms with Gasteiger partial charge in [-0.15, -0.1) is 11.8 Å². The number of thioether (sulfide) groups is 1. The SMILES string of the molecule is CSc1c(O)ccn1C(=O)c1ccccc1. The minimum absolute atomic E-state index is 0.134. The summed E-state index contributed by atoms with van der Waals surface area (Å²) in [5.41, 5.74) is 0.605. The molecule has 1 aromatic heterocycles. The van der Waals surface area contributed by atoms with E-state index in [1.165, 1.54) is 22.4 Å². The third kappa shape index (κ3) is 1.84. The summed E-state index contributed by atoms with van der Waals surface area (Å²) in [5.74, 6) is 0.00188. The van der Waals surface area contributed by atoms with Gasteiger partial charge in [0.15, 0.2) is 0 Å². The lowest BCUT2D eigenvalue weighted by molar-refractivity contribution is 0.0950. The van der Waals surface area contributed by atoms with Crippen LogP contribution < -0.4 is 0 Å². The normalized spacial score (nSPS) is 10.3. The second-order valence-electron chi connectivity index (χ2n) is 3.25. The van der Waals surface area contributed by atoms with Crippen LogP contribution in [0.3, 0.4) is 0 Å². The first-order chi connectivity index (χ1) is 7.74. The highest BCUT2D eigenvalue weighted by atomic mass is 32.2. The van der Waals surface area contributed by atoms with E-state index >= 15 is 0 Å². The number of benzene rings is 1. The van der Waals surface area contributed by atoms with Gasteiger partial charge in [0, 0.05) is 11.8 Å². The summed E-state index contributed by atoms with van der Waals surface area (Å²) >= 11 is 1.34. The number of carbonyl (C=O) groups is 1. The molecule has 0 aliphatic heterocycles. The molecule has 0 spiro atoms. The van der Waals surface area contributed by atoms with Gasteiger partial charge in [0.25, 0.3) is 5.91 Å². The van der Waals surface area contributed by atoms with Gasteiger partial charge in [-0.3, -0.25) is 9.36 Å². The van der Waals surface area contributed by atoms with Crippen molar-refractivity contribution in [1.82, 2.24) is 4.57 Å². The minimum Gasteiger partial charge on any atom is -0.505 e. The van der Waals surface area contributed by atoms with E-state index in [0.29, 0.717) is 10.6 Å². The Morgan fingerprint density at radius 3 is 2.56 bits per heavy atom. The van der Waals surface area contributed by atoms with E-state index in [1.54, 1.807) is 18.3 Å². The van der Waals surface area contributed by atoms with Crippen LogP contribution in [0.5, 0.6) is 5.75 Å². The van der Waals surface area contributed by atoms with Crippen molar-refractivity contribution in [1.29, 1.82) is 0 Å². The Kier molecular flexibility index (Phi) is 3.01. The van der Waals surface area contributed by atoms with Crippen LogP contribution in [-0.2, 0) is 0 Å². The summed E-state index contributed by atoms with van der Waals surface area (Å²) in [6.07, 6.45) is 3.40. The number of carbonyl (C=O) groups excluding carboxylic acids is 1. The summed E-state index contributed by atoms with van der Waals surface area (Å²) in [4.78, 5) is 12.1. The fourth-order valence-corrected chi connectivity index (χ4v) is 2.11. The lowest BCUT2D eigenvalue weighted by atomic mass is 10.2. The Morgan fingerprint density at radius 2 is 1.94 bits per heavy atom. The average Bonchev–Trinajstić information content (AvgIpc) is 2.70. The fourth-order valence-electron chi connectivity index (χ4n) is 1.49. The largest absolute Gasteiger partial charge is 0.505 e. The van der Waals surface area contributed by atoms with Crippen molar-refractivity contribution in [2.45, 2.75) is 5.03 Å². The van der Waals surface area contributed by atoms with E-state index in [0.717, 1.165) is 0 Å². The zero-order chi connectivity index (χ0) is 11.5. The lowest BCUT2D eigenvalue weighted by Crippen LogP contribution is -2.11. The van der Waals surface area contributed by atoms with Crippen molar-refractivity contribution in [2.75, 3.05) is 6.26 Å². The van der Waals surface area contributed by atoms with E-state index < -0.39 is 0 Å². The molecular formula is C12H11NO2S. The average molecular weight is 233 g/mol. The summed E-state index contributed by atoms with van der Waals surface area (Å²) in [6, 6.07) is 10.5. The van der Waals surface area contributed by atoms with Crippen LogP contribution in [-0.4, -0.2) is 21.8 Å². The van der Waals surface area contributed by atoms with Crippen LogP contribution in [0.2, 0.25) is 0 Å². The van der Waals surface area contributed by atoms with Crippen molar-refractivity contribution in [2.24, 2.45) is 0 Å². The minimum atomic E-state index is -0.134. The third-order valence-corrected chi connectivity index (χ3v) is 3.04. The van der Waals surface area contributed by atoms with Crippen molar-refractivity contribution < 1.29 is 9.90 Å². The molecule has 1 heterocycles. The van der Waals surface area contributed by atoms with E-state index in [1.807, 2.05) is 24.5 Å². The van der Waals surface area contributed by atoms with E-state index in [2.05, 4.69) is 0 Å². The van der Waals surface area contributed by atoms with Gasteiger partial charge in [-0.05, 0) is 24.5 Å². The molecule has 82 valence electrons. The summed E-state index contributed by atoms with van der Waals surface area (Å²) in [5, 5.41) is 10.1. The molecule has 0 amide bonds. The topological polar surface area (TPSA) is 42.2 Å². The second-order valence-corrected chi connectivity index (χ2v) is 4.05. The van der Waals surface area contributed by atoms with Crippen molar-refractivity contribution in [3.05, 3.63) is 48.2 Å². The number of hydrogen-bond acceptors (Lipinski definition) is 3. The molecule has 0 atom stereocenters. The van der Waals surface area contributed by atoms with Gasteiger partial charge < -0.3 is 5.11 Å². The fraction of sp³-hybridized carbons (Fsp3) is 0.0833. The highest BCUT2D eigenvalue weighted by molar-refractivity contribution is 7.98. The highest BCUT2D eigenvalue weighted by Crippen LogP contribution is 2.28. The molecule has 0 saturated carbocycles. The summed E-state index contributed by atoms with van der Waals surface area (Å²) in [7, 11) is 0. The van der Waals surface area contributed by atoms with E-state index in [-0.39, 0.29) is 11.7 Å².